The van der Waals surface area contributed by atoms with E-state index in [1.165, 1.54) is 12.0 Å². The molecule has 0 saturated carbocycles. The van der Waals surface area contributed by atoms with Crippen molar-refractivity contribution in [1.82, 2.24) is 24.5 Å². The molecule has 0 atom stereocenters. The van der Waals surface area contributed by atoms with E-state index in [1.54, 1.807) is 10.7 Å². The number of piperazine rings is 1. The number of anilines is 3. The Bertz CT molecular complexity index is 921. The molecule has 7 nitrogen and oxygen atoms in total. The number of hydrogen-bond donors (Lipinski definition) is 1. The normalized spacial score (nSPS) is 16.1. The predicted octanol–water partition coefficient (Wildman–Crippen LogP) is 3.55. The first-order valence-corrected chi connectivity index (χ1v) is 9.92. The molecule has 1 fully saturated rings. The maximum atomic E-state index is 4.42. The lowest BCUT2D eigenvalue weighted by Gasteiger charge is -2.43. The maximum Gasteiger partial charge on any atom is 0.199 e. The SMILES string of the molecule is CC(C)(C)N1CCN(c2ccc(Nc3ncc(Br)n4ncnc34)cc2)CC1. The van der Waals surface area contributed by atoms with Crippen molar-refractivity contribution < 1.29 is 0 Å². The summed E-state index contributed by atoms with van der Waals surface area (Å²) < 4.78 is 2.48. The van der Waals surface area contributed by atoms with Crippen LogP contribution in [0.5, 0.6) is 0 Å². The first kappa shape index (κ1) is 18.2. The molecule has 0 bridgehead atoms. The van der Waals surface area contributed by atoms with Crippen LogP contribution in [0.15, 0.2) is 41.4 Å². The summed E-state index contributed by atoms with van der Waals surface area (Å²) in [5.41, 5.74) is 3.16. The molecule has 1 aliphatic heterocycles. The van der Waals surface area contributed by atoms with Crippen LogP contribution in [0.3, 0.4) is 0 Å². The summed E-state index contributed by atoms with van der Waals surface area (Å²) in [6.45, 7) is 11.1. The molecule has 27 heavy (non-hydrogen) atoms. The van der Waals surface area contributed by atoms with Crippen LogP contribution in [-0.4, -0.2) is 56.2 Å². The van der Waals surface area contributed by atoms with Gasteiger partial charge < -0.3 is 10.2 Å². The van der Waals surface area contributed by atoms with Crippen LogP contribution in [-0.2, 0) is 0 Å². The second-order valence-electron chi connectivity index (χ2n) is 7.74. The van der Waals surface area contributed by atoms with Crippen molar-refractivity contribution in [1.29, 1.82) is 0 Å². The van der Waals surface area contributed by atoms with Crippen molar-refractivity contribution in [3.05, 3.63) is 41.4 Å². The summed E-state index contributed by atoms with van der Waals surface area (Å²) >= 11 is 3.43. The van der Waals surface area contributed by atoms with Crippen molar-refractivity contribution in [2.24, 2.45) is 0 Å². The Balaban J connectivity index is 1.45. The van der Waals surface area contributed by atoms with Crippen LogP contribution < -0.4 is 10.2 Å². The zero-order valence-corrected chi connectivity index (χ0v) is 17.4. The Morgan fingerprint density at radius 2 is 1.70 bits per heavy atom. The number of fused-ring (bicyclic) bond motifs is 1. The van der Waals surface area contributed by atoms with E-state index in [0.717, 1.165) is 36.5 Å². The molecule has 0 aliphatic carbocycles. The molecule has 1 saturated heterocycles. The molecule has 0 unspecified atom stereocenters. The number of hydrogen-bond acceptors (Lipinski definition) is 6. The smallest absolute Gasteiger partial charge is 0.199 e. The highest BCUT2D eigenvalue weighted by Gasteiger charge is 2.25. The van der Waals surface area contributed by atoms with Crippen molar-refractivity contribution in [3.8, 4) is 0 Å². The lowest BCUT2D eigenvalue weighted by molar-refractivity contribution is 0.128. The van der Waals surface area contributed by atoms with Crippen molar-refractivity contribution in [3.63, 3.8) is 0 Å². The lowest BCUT2D eigenvalue weighted by atomic mass is 10.0. The monoisotopic (exact) mass is 429 g/mol. The molecule has 4 rings (SSSR count). The molecular formula is C19H24BrN7. The van der Waals surface area contributed by atoms with Crippen LogP contribution in [0, 0.1) is 0 Å². The molecule has 142 valence electrons. The number of aromatic nitrogens is 4. The maximum absolute atomic E-state index is 4.42. The first-order chi connectivity index (χ1) is 12.9. The Morgan fingerprint density at radius 1 is 1.00 bits per heavy atom. The van der Waals surface area contributed by atoms with Gasteiger partial charge in [-0.2, -0.15) is 5.10 Å². The molecule has 0 amide bonds. The highest BCUT2D eigenvalue weighted by Crippen LogP contribution is 2.25. The minimum Gasteiger partial charge on any atom is -0.369 e. The third-order valence-corrected chi connectivity index (χ3v) is 5.53. The van der Waals surface area contributed by atoms with Gasteiger partial charge in [0.25, 0.3) is 0 Å². The Labute approximate surface area is 167 Å². The molecule has 0 spiro atoms. The molecule has 0 radical (unpaired) electrons. The van der Waals surface area contributed by atoms with Gasteiger partial charge in [-0.15, -0.1) is 0 Å². The van der Waals surface area contributed by atoms with Gasteiger partial charge in [0.1, 0.15) is 10.9 Å². The van der Waals surface area contributed by atoms with E-state index in [-0.39, 0.29) is 5.54 Å². The quantitative estimate of drug-likeness (QED) is 0.686. The minimum absolute atomic E-state index is 0.241. The summed E-state index contributed by atoms with van der Waals surface area (Å²) in [4.78, 5) is 13.7. The van der Waals surface area contributed by atoms with Crippen LogP contribution in [0.4, 0.5) is 17.2 Å². The number of halogens is 1. The summed E-state index contributed by atoms with van der Waals surface area (Å²) in [6.07, 6.45) is 3.24. The molecule has 1 aliphatic rings. The second kappa shape index (κ2) is 7.09. The van der Waals surface area contributed by atoms with Gasteiger partial charge in [-0.3, -0.25) is 4.90 Å². The second-order valence-corrected chi connectivity index (χ2v) is 8.55. The largest absolute Gasteiger partial charge is 0.369 e. The van der Waals surface area contributed by atoms with Gasteiger partial charge in [0, 0.05) is 43.1 Å². The molecule has 3 aromatic rings. The fourth-order valence-electron chi connectivity index (χ4n) is 3.41. The molecule has 1 N–H and O–H groups in total. The highest BCUT2D eigenvalue weighted by molar-refractivity contribution is 9.10. The van der Waals surface area contributed by atoms with Gasteiger partial charge in [-0.05, 0) is 61.0 Å². The summed E-state index contributed by atoms with van der Waals surface area (Å²) in [5, 5.41) is 7.52. The van der Waals surface area contributed by atoms with Crippen molar-refractivity contribution in [2.75, 3.05) is 36.4 Å². The van der Waals surface area contributed by atoms with Crippen LogP contribution in [0.1, 0.15) is 20.8 Å². The lowest BCUT2D eigenvalue weighted by Crippen LogP contribution is -2.53. The van der Waals surface area contributed by atoms with Crippen LogP contribution >= 0.6 is 15.9 Å². The molecule has 3 heterocycles. The number of benzene rings is 1. The highest BCUT2D eigenvalue weighted by atomic mass is 79.9. The van der Waals surface area contributed by atoms with E-state index < -0.39 is 0 Å². The van der Waals surface area contributed by atoms with Crippen LogP contribution in [0.25, 0.3) is 5.65 Å². The van der Waals surface area contributed by atoms with E-state index in [2.05, 4.69) is 91.1 Å². The fourth-order valence-corrected chi connectivity index (χ4v) is 3.77. The van der Waals surface area contributed by atoms with Crippen molar-refractivity contribution >= 4 is 38.8 Å². The van der Waals surface area contributed by atoms with Crippen molar-refractivity contribution in [2.45, 2.75) is 26.3 Å². The van der Waals surface area contributed by atoms with E-state index in [4.69, 9.17) is 0 Å². The first-order valence-electron chi connectivity index (χ1n) is 9.13. The standard InChI is InChI=1S/C19H24BrN7/c1-19(2,3)26-10-8-25(9-11-26)15-6-4-14(5-7-15)24-17-18-22-13-23-27(18)16(20)12-21-17/h4-7,12-13H,8-11H2,1-3H3,(H,21,24). The molecule has 2 aromatic heterocycles. The van der Waals surface area contributed by atoms with Crippen LogP contribution in [0.2, 0.25) is 0 Å². The number of nitrogens with zero attached hydrogens (tertiary/aromatic N) is 6. The average molecular weight is 430 g/mol. The van der Waals surface area contributed by atoms with Gasteiger partial charge in [0.05, 0.1) is 6.20 Å². The molecule has 8 heteroatoms. The van der Waals surface area contributed by atoms with Gasteiger partial charge in [-0.25, -0.2) is 14.5 Å². The van der Waals surface area contributed by atoms with Gasteiger partial charge in [0.2, 0.25) is 0 Å². The Hall–Kier alpha value is -2.19. The summed E-state index contributed by atoms with van der Waals surface area (Å²) in [7, 11) is 0. The van der Waals surface area contributed by atoms with Gasteiger partial charge in [0.15, 0.2) is 11.5 Å². The zero-order chi connectivity index (χ0) is 19.0. The average Bonchev–Trinajstić information content (AvgIpc) is 3.15. The topological polar surface area (TPSA) is 61.6 Å². The van der Waals surface area contributed by atoms with Gasteiger partial charge in [-0.1, -0.05) is 0 Å². The molecular weight excluding hydrogens is 406 g/mol. The third kappa shape index (κ3) is 3.77. The summed E-state index contributed by atoms with van der Waals surface area (Å²) in [6, 6.07) is 8.49. The number of nitrogens with one attached hydrogen (secondary N) is 1. The zero-order valence-electron chi connectivity index (χ0n) is 15.9. The predicted molar refractivity (Wildman–Crippen MR) is 112 cm³/mol. The van der Waals surface area contributed by atoms with Gasteiger partial charge >= 0.3 is 0 Å². The summed E-state index contributed by atoms with van der Waals surface area (Å²) in [5.74, 6) is 0.683. The van der Waals surface area contributed by atoms with E-state index in [0.29, 0.717) is 11.5 Å². The fraction of sp³-hybridized carbons (Fsp3) is 0.421. The Morgan fingerprint density at radius 3 is 2.37 bits per heavy atom. The third-order valence-electron chi connectivity index (χ3n) is 4.99. The van der Waals surface area contributed by atoms with E-state index in [1.807, 2.05) is 0 Å². The van der Waals surface area contributed by atoms with E-state index >= 15 is 0 Å². The number of rotatable bonds is 3. The Kier molecular flexibility index (Phi) is 4.77. The minimum atomic E-state index is 0.241. The molecule has 1 aromatic carbocycles. The van der Waals surface area contributed by atoms with E-state index in [9.17, 15) is 0 Å².